The fraction of sp³-hybridized carbons (Fsp3) is 0.0769. The molecule has 1 heterocycles. The second kappa shape index (κ2) is 5.85. The predicted molar refractivity (Wildman–Crippen MR) is 73.0 cm³/mol. The molecule has 2 aromatic rings. The lowest BCUT2D eigenvalue weighted by molar-refractivity contribution is -0.115. The maximum absolute atomic E-state index is 11.8. The Labute approximate surface area is 115 Å². The standard InChI is InChI=1S/C13H10Cl2N2O/c14-10-2-1-3-11(13(10)15)17-12(18)8-9-4-6-16-7-5-9/h1-7H,8H2,(H,17,18). The number of rotatable bonds is 3. The first-order valence-corrected chi connectivity index (χ1v) is 6.05. The van der Waals surface area contributed by atoms with E-state index in [-0.39, 0.29) is 12.3 Å². The number of halogens is 2. The maximum atomic E-state index is 11.8. The summed E-state index contributed by atoms with van der Waals surface area (Å²) in [6.07, 6.45) is 3.56. The third kappa shape index (κ3) is 3.22. The first-order chi connectivity index (χ1) is 8.66. The molecule has 0 saturated carbocycles. The van der Waals surface area contributed by atoms with Crippen molar-refractivity contribution in [1.82, 2.24) is 4.98 Å². The van der Waals surface area contributed by atoms with Gasteiger partial charge in [0.25, 0.3) is 0 Å². The van der Waals surface area contributed by atoms with Crippen molar-refractivity contribution in [2.75, 3.05) is 5.32 Å². The van der Waals surface area contributed by atoms with E-state index in [0.29, 0.717) is 15.7 Å². The van der Waals surface area contributed by atoms with Gasteiger partial charge in [-0.25, -0.2) is 0 Å². The Balaban J connectivity index is 2.06. The average molecular weight is 281 g/mol. The molecule has 1 aromatic heterocycles. The Bertz CT molecular complexity index is 558. The third-order valence-corrected chi connectivity index (χ3v) is 3.16. The molecule has 0 radical (unpaired) electrons. The van der Waals surface area contributed by atoms with Crippen LogP contribution in [0.5, 0.6) is 0 Å². The van der Waals surface area contributed by atoms with Crippen LogP contribution in [0.4, 0.5) is 5.69 Å². The Hall–Kier alpha value is -1.58. The zero-order valence-electron chi connectivity index (χ0n) is 9.36. The number of hydrogen-bond acceptors (Lipinski definition) is 2. The molecule has 0 saturated heterocycles. The van der Waals surface area contributed by atoms with Crippen LogP contribution in [0.25, 0.3) is 0 Å². The van der Waals surface area contributed by atoms with Crippen molar-refractivity contribution in [2.24, 2.45) is 0 Å². The highest BCUT2D eigenvalue weighted by molar-refractivity contribution is 6.43. The molecular weight excluding hydrogens is 271 g/mol. The van der Waals surface area contributed by atoms with Gasteiger partial charge in [0.05, 0.1) is 22.2 Å². The van der Waals surface area contributed by atoms with Crippen LogP contribution < -0.4 is 5.32 Å². The van der Waals surface area contributed by atoms with Gasteiger partial charge in [-0.2, -0.15) is 0 Å². The lowest BCUT2D eigenvalue weighted by Gasteiger charge is -2.08. The smallest absolute Gasteiger partial charge is 0.228 e. The van der Waals surface area contributed by atoms with Gasteiger partial charge in [-0.15, -0.1) is 0 Å². The van der Waals surface area contributed by atoms with E-state index in [1.54, 1.807) is 42.7 Å². The summed E-state index contributed by atoms with van der Waals surface area (Å²) in [6, 6.07) is 8.69. The lowest BCUT2D eigenvalue weighted by atomic mass is 10.2. The van der Waals surface area contributed by atoms with Crippen LogP contribution in [0.15, 0.2) is 42.7 Å². The number of carbonyl (C=O) groups is 1. The summed E-state index contributed by atoms with van der Waals surface area (Å²) >= 11 is 11.8. The summed E-state index contributed by atoms with van der Waals surface area (Å²) in [4.78, 5) is 15.7. The van der Waals surface area contributed by atoms with Gasteiger partial charge in [0.1, 0.15) is 0 Å². The summed E-state index contributed by atoms with van der Waals surface area (Å²) in [5.41, 5.74) is 1.41. The molecule has 18 heavy (non-hydrogen) atoms. The largest absolute Gasteiger partial charge is 0.324 e. The van der Waals surface area contributed by atoms with E-state index in [1.165, 1.54) is 0 Å². The fourth-order valence-electron chi connectivity index (χ4n) is 1.48. The highest BCUT2D eigenvalue weighted by Gasteiger charge is 2.08. The summed E-state index contributed by atoms with van der Waals surface area (Å²) in [7, 11) is 0. The first-order valence-electron chi connectivity index (χ1n) is 5.29. The third-order valence-electron chi connectivity index (χ3n) is 2.34. The number of amides is 1. The van der Waals surface area contributed by atoms with Gasteiger partial charge in [0.15, 0.2) is 0 Å². The highest BCUT2D eigenvalue weighted by Crippen LogP contribution is 2.29. The normalized spacial score (nSPS) is 10.1. The van der Waals surface area contributed by atoms with Gasteiger partial charge in [-0.3, -0.25) is 9.78 Å². The van der Waals surface area contributed by atoms with Crippen LogP contribution in [0, 0.1) is 0 Å². The monoisotopic (exact) mass is 280 g/mol. The number of pyridine rings is 1. The van der Waals surface area contributed by atoms with Crippen LogP contribution in [-0.4, -0.2) is 10.9 Å². The van der Waals surface area contributed by atoms with Gasteiger partial charge in [0.2, 0.25) is 5.91 Å². The molecule has 92 valence electrons. The molecule has 0 bridgehead atoms. The summed E-state index contributed by atoms with van der Waals surface area (Å²) < 4.78 is 0. The fourth-order valence-corrected chi connectivity index (χ4v) is 1.83. The molecule has 3 nitrogen and oxygen atoms in total. The molecule has 0 aliphatic carbocycles. The Kier molecular flexibility index (Phi) is 4.18. The molecule has 0 spiro atoms. The number of hydrogen-bond donors (Lipinski definition) is 1. The Morgan fingerprint density at radius 1 is 1.17 bits per heavy atom. The minimum Gasteiger partial charge on any atom is -0.324 e. The Morgan fingerprint density at radius 3 is 2.61 bits per heavy atom. The zero-order chi connectivity index (χ0) is 13.0. The SMILES string of the molecule is O=C(Cc1ccncc1)Nc1cccc(Cl)c1Cl. The van der Waals surface area contributed by atoms with Crippen LogP contribution in [0.3, 0.4) is 0 Å². The topological polar surface area (TPSA) is 42.0 Å². The average Bonchev–Trinajstić information content (AvgIpc) is 2.36. The quantitative estimate of drug-likeness (QED) is 0.934. The highest BCUT2D eigenvalue weighted by atomic mass is 35.5. The van der Waals surface area contributed by atoms with Crippen LogP contribution >= 0.6 is 23.2 Å². The van der Waals surface area contributed by atoms with Gasteiger partial charge in [-0.1, -0.05) is 29.3 Å². The van der Waals surface area contributed by atoms with Crippen molar-refractivity contribution < 1.29 is 4.79 Å². The molecule has 0 fully saturated rings. The van der Waals surface area contributed by atoms with E-state index in [0.717, 1.165) is 5.56 Å². The van der Waals surface area contributed by atoms with E-state index in [4.69, 9.17) is 23.2 Å². The van der Waals surface area contributed by atoms with Crippen LogP contribution in [-0.2, 0) is 11.2 Å². The molecule has 0 atom stereocenters. The number of anilines is 1. The minimum atomic E-state index is -0.148. The second-order valence-electron chi connectivity index (χ2n) is 3.68. The molecule has 0 aliphatic rings. The van der Waals surface area contributed by atoms with Crippen LogP contribution in [0.2, 0.25) is 10.0 Å². The summed E-state index contributed by atoms with van der Waals surface area (Å²) in [6.45, 7) is 0. The van der Waals surface area contributed by atoms with E-state index < -0.39 is 0 Å². The van der Waals surface area contributed by atoms with E-state index in [9.17, 15) is 4.79 Å². The van der Waals surface area contributed by atoms with Crippen molar-refractivity contribution in [3.8, 4) is 0 Å². The number of nitrogens with zero attached hydrogens (tertiary/aromatic N) is 1. The van der Waals surface area contributed by atoms with Crippen molar-refractivity contribution in [3.63, 3.8) is 0 Å². The molecule has 1 amide bonds. The van der Waals surface area contributed by atoms with Crippen molar-refractivity contribution in [3.05, 3.63) is 58.3 Å². The Morgan fingerprint density at radius 2 is 1.89 bits per heavy atom. The number of carbonyl (C=O) groups excluding carboxylic acids is 1. The summed E-state index contributed by atoms with van der Waals surface area (Å²) in [5.74, 6) is -0.148. The molecule has 0 unspecified atom stereocenters. The van der Waals surface area contributed by atoms with E-state index >= 15 is 0 Å². The number of aromatic nitrogens is 1. The number of benzene rings is 1. The molecule has 1 aromatic carbocycles. The van der Waals surface area contributed by atoms with Crippen LogP contribution in [0.1, 0.15) is 5.56 Å². The van der Waals surface area contributed by atoms with Gasteiger partial charge >= 0.3 is 0 Å². The molecule has 5 heteroatoms. The van der Waals surface area contributed by atoms with Crippen molar-refractivity contribution >= 4 is 34.8 Å². The first kappa shape index (κ1) is 12.9. The van der Waals surface area contributed by atoms with Gasteiger partial charge in [-0.05, 0) is 29.8 Å². The molecule has 2 rings (SSSR count). The second-order valence-corrected chi connectivity index (χ2v) is 4.47. The van der Waals surface area contributed by atoms with Gasteiger partial charge in [0, 0.05) is 12.4 Å². The van der Waals surface area contributed by atoms with Gasteiger partial charge < -0.3 is 5.32 Å². The maximum Gasteiger partial charge on any atom is 0.228 e. The predicted octanol–water partition coefficient (Wildman–Crippen LogP) is 3.57. The molecule has 1 N–H and O–H groups in total. The minimum absolute atomic E-state index is 0.148. The lowest BCUT2D eigenvalue weighted by Crippen LogP contribution is -2.14. The van der Waals surface area contributed by atoms with Crippen molar-refractivity contribution in [1.29, 1.82) is 0 Å². The zero-order valence-corrected chi connectivity index (χ0v) is 10.9. The molecular formula is C13H10Cl2N2O. The van der Waals surface area contributed by atoms with E-state index in [2.05, 4.69) is 10.3 Å². The number of nitrogens with one attached hydrogen (secondary N) is 1. The van der Waals surface area contributed by atoms with E-state index in [1.807, 2.05) is 0 Å². The molecule has 0 aliphatic heterocycles. The van der Waals surface area contributed by atoms with Crippen molar-refractivity contribution in [2.45, 2.75) is 6.42 Å². The summed E-state index contributed by atoms with van der Waals surface area (Å²) in [5, 5.41) is 3.49.